The summed E-state index contributed by atoms with van der Waals surface area (Å²) in [7, 11) is 0. The molecule has 1 aliphatic heterocycles. The summed E-state index contributed by atoms with van der Waals surface area (Å²) in [4.78, 5) is 10.7. The summed E-state index contributed by atoms with van der Waals surface area (Å²) in [5.41, 5.74) is -0.879. The van der Waals surface area contributed by atoms with E-state index >= 15 is 0 Å². The minimum Gasteiger partial charge on any atom is -0.493 e. The molecule has 1 N–H and O–H groups in total. The van der Waals surface area contributed by atoms with Crippen molar-refractivity contribution in [3.63, 3.8) is 0 Å². The Morgan fingerprint density at radius 2 is 2.33 bits per heavy atom. The molecule has 80 valence electrons. The minimum atomic E-state index is -1.43. The fraction of sp³-hybridized carbons (Fsp3) is 0.364. The van der Waals surface area contributed by atoms with E-state index in [-0.39, 0.29) is 12.2 Å². The zero-order valence-electron chi connectivity index (χ0n) is 8.29. The second-order valence-corrected chi connectivity index (χ2v) is 3.81. The Bertz CT molecular complexity index is 412. The molecule has 4 heteroatoms. The summed E-state index contributed by atoms with van der Waals surface area (Å²) in [5, 5.41) is 8.77. The molecule has 0 spiro atoms. The minimum absolute atomic E-state index is 0.117. The number of halogens is 1. The third kappa shape index (κ3) is 1.67. The van der Waals surface area contributed by atoms with Gasteiger partial charge in [0.1, 0.15) is 11.4 Å². The first-order valence-corrected chi connectivity index (χ1v) is 4.70. The van der Waals surface area contributed by atoms with Gasteiger partial charge in [-0.3, -0.25) is 0 Å². The van der Waals surface area contributed by atoms with Crippen molar-refractivity contribution in [2.45, 2.75) is 19.0 Å². The van der Waals surface area contributed by atoms with Crippen LogP contribution in [0, 0.1) is 0 Å². The van der Waals surface area contributed by atoms with Crippen LogP contribution in [-0.2, 0) is 5.67 Å². The van der Waals surface area contributed by atoms with Gasteiger partial charge in [0.05, 0.1) is 12.2 Å². The van der Waals surface area contributed by atoms with E-state index in [0.717, 1.165) is 0 Å². The van der Waals surface area contributed by atoms with Crippen LogP contribution in [0.15, 0.2) is 18.2 Å². The maximum atomic E-state index is 14.0. The smallest absolute Gasteiger partial charge is 0.335 e. The standard InChI is InChI=1S/C11H11FO3/c1-11(12)4-5-15-9-6-7(10(13)14)2-3-8(9)11/h2-3,6H,4-5H2,1H3,(H,13,14). The van der Waals surface area contributed by atoms with Crippen LogP contribution < -0.4 is 4.74 Å². The fourth-order valence-corrected chi connectivity index (χ4v) is 1.69. The molecule has 0 saturated heterocycles. The molecule has 1 aromatic carbocycles. The molecule has 0 radical (unpaired) electrons. The quantitative estimate of drug-likeness (QED) is 0.773. The average molecular weight is 210 g/mol. The lowest BCUT2D eigenvalue weighted by Gasteiger charge is -2.28. The maximum absolute atomic E-state index is 14.0. The van der Waals surface area contributed by atoms with Crippen LogP contribution in [0.2, 0.25) is 0 Å². The number of fused-ring (bicyclic) bond motifs is 1. The molecule has 0 fully saturated rings. The molecule has 15 heavy (non-hydrogen) atoms. The first-order chi connectivity index (χ1) is 7.00. The highest BCUT2D eigenvalue weighted by atomic mass is 19.1. The third-order valence-electron chi connectivity index (χ3n) is 2.62. The van der Waals surface area contributed by atoms with E-state index in [1.54, 1.807) is 0 Å². The molecule has 3 nitrogen and oxygen atoms in total. The van der Waals surface area contributed by atoms with Crippen molar-refractivity contribution >= 4 is 5.97 Å². The highest BCUT2D eigenvalue weighted by molar-refractivity contribution is 5.88. The van der Waals surface area contributed by atoms with Gasteiger partial charge in [0.25, 0.3) is 0 Å². The van der Waals surface area contributed by atoms with E-state index in [1.807, 2.05) is 0 Å². The summed E-state index contributed by atoms with van der Waals surface area (Å²) >= 11 is 0. The topological polar surface area (TPSA) is 46.5 Å². The highest BCUT2D eigenvalue weighted by Gasteiger charge is 2.33. The molecule has 1 unspecified atom stereocenters. The molecule has 1 atom stereocenters. The molecular weight excluding hydrogens is 199 g/mol. The fourth-order valence-electron chi connectivity index (χ4n) is 1.69. The summed E-state index contributed by atoms with van der Waals surface area (Å²) in [6.07, 6.45) is 0.298. The molecule has 0 saturated carbocycles. The van der Waals surface area contributed by atoms with Crippen molar-refractivity contribution in [1.29, 1.82) is 0 Å². The molecule has 0 aromatic heterocycles. The summed E-state index contributed by atoms with van der Waals surface area (Å²) in [5.74, 6) is -0.696. The van der Waals surface area contributed by atoms with Crippen molar-refractivity contribution in [2.75, 3.05) is 6.61 Å². The van der Waals surface area contributed by atoms with Crippen LogP contribution in [-0.4, -0.2) is 17.7 Å². The van der Waals surface area contributed by atoms with Gasteiger partial charge in [0, 0.05) is 12.0 Å². The Morgan fingerprint density at radius 3 is 3.00 bits per heavy atom. The van der Waals surface area contributed by atoms with Crippen molar-refractivity contribution in [3.05, 3.63) is 29.3 Å². The SMILES string of the molecule is CC1(F)CCOc2cc(C(=O)O)ccc21. The lowest BCUT2D eigenvalue weighted by Crippen LogP contribution is -2.25. The van der Waals surface area contributed by atoms with E-state index in [0.29, 0.717) is 17.7 Å². The Balaban J connectivity index is 2.50. The van der Waals surface area contributed by atoms with E-state index in [1.165, 1.54) is 25.1 Å². The Hall–Kier alpha value is -1.58. The number of benzene rings is 1. The van der Waals surface area contributed by atoms with Crippen LogP contribution in [0.3, 0.4) is 0 Å². The van der Waals surface area contributed by atoms with Crippen LogP contribution in [0.1, 0.15) is 29.3 Å². The summed E-state index contributed by atoms with van der Waals surface area (Å²) in [6.45, 7) is 1.76. The van der Waals surface area contributed by atoms with Gasteiger partial charge in [-0.05, 0) is 19.1 Å². The number of hydrogen-bond donors (Lipinski definition) is 1. The Morgan fingerprint density at radius 1 is 1.60 bits per heavy atom. The van der Waals surface area contributed by atoms with Gasteiger partial charge in [0.2, 0.25) is 0 Å². The normalized spacial score (nSPS) is 24.1. The van der Waals surface area contributed by atoms with Gasteiger partial charge in [0.15, 0.2) is 0 Å². The largest absolute Gasteiger partial charge is 0.493 e. The van der Waals surface area contributed by atoms with Crippen LogP contribution >= 0.6 is 0 Å². The van der Waals surface area contributed by atoms with Gasteiger partial charge >= 0.3 is 5.97 Å². The van der Waals surface area contributed by atoms with Gasteiger partial charge in [-0.25, -0.2) is 9.18 Å². The molecule has 2 rings (SSSR count). The van der Waals surface area contributed by atoms with Gasteiger partial charge < -0.3 is 9.84 Å². The van der Waals surface area contributed by atoms with E-state index in [9.17, 15) is 9.18 Å². The number of carbonyl (C=O) groups is 1. The van der Waals surface area contributed by atoms with E-state index in [4.69, 9.17) is 9.84 Å². The first kappa shape index (κ1) is 9.96. The van der Waals surface area contributed by atoms with Crippen molar-refractivity contribution < 1.29 is 19.0 Å². The zero-order valence-corrected chi connectivity index (χ0v) is 8.29. The second-order valence-electron chi connectivity index (χ2n) is 3.81. The number of aromatic carboxylic acids is 1. The van der Waals surface area contributed by atoms with Crippen molar-refractivity contribution in [1.82, 2.24) is 0 Å². The van der Waals surface area contributed by atoms with Crippen molar-refractivity contribution in [2.24, 2.45) is 0 Å². The first-order valence-electron chi connectivity index (χ1n) is 4.70. The monoisotopic (exact) mass is 210 g/mol. The maximum Gasteiger partial charge on any atom is 0.335 e. The van der Waals surface area contributed by atoms with Gasteiger partial charge in [-0.2, -0.15) is 0 Å². The van der Waals surface area contributed by atoms with Crippen LogP contribution in [0.4, 0.5) is 4.39 Å². The number of rotatable bonds is 1. The summed E-state index contributed by atoms with van der Waals surface area (Å²) < 4.78 is 19.2. The molecule has 1 heterocycles. The Labute approximate surface area is 86.5 Å². The number of carboxylic acid groups (broad SMARTS) is 1. The lowest BCUT2D eigenvalue weighted by molar-refractivity contribution is 0.0693. The van der Waals surface area contributed by atoms with Crippen molar-refractivity contribution in [3.8, 4) is 5.75 Å². The highest BCUT2D eigenvalue weighted by Crippen LogP contribution is 2.39. The number of ether oxygens (including phenoxy) is 1. The third-order valence-corrected chi connectivity index (χ3v) is 2.62. The van der Waals surface area contributed by atoms with E-state index < -0.39 is 11.6 Å². The molecule has 1 aliphatic rings. The number of carboxylic acids is 1. The predicted octanol–water partition coefficient (Wildman–Crippen LogP) is 2.35. The van der Waals surface area contributed by atoms with Crippen LogP contribution in [0.25, 0.3) is 0 Å². The predicted molar refractivity (Wildman–Crippen MR) is 52.0 cm³/mol. The molecule has 0 bridgehead atoms. The van der Waals surface area contributed by atoms with Gasteiger partial charge in [-0.1, -0.05) is 6.07 Å². The Kier molecular flexibility index (Phi) is 2.14. The average Bonchev–Trinajstić information content (AvgIpc) is 2.16. The molecule has 0 aliphatic carbocycles. The van der Waals surface area contributed by atoms with Crippen LogP contribution in [0.5, 0.6) is 5.75 Å². The number of alkyl halides is 1. The lowest BCUT2D eigenvalue weighted by atomic mass is 9.91. The zero-order chi connectivity index (χ0) is 11.1. The molecular formula is C11H11FO3. The number of hydrogen-bond acceptors (Lipinski definition) is 2. The molecule has 1 aromatic rings. The second kappa shape index (κ2) is 3.22. The van der Waals surface area contributed by atoms with E-state index in [2.05, 4.69) is 0 Å². The van der Waals surface area contributed by atoms with Gasteiger partial charge in [-0.15, -0.1) is 0 Å². The summed E-state index contributed by atoms with van der Waals surface area (Å²) in [6, 6.07) is 4.25. The molecule has 0 amide bonds.